The Morgan fingerprint density at radius 3 is 2.71 bits per heavy atom. The summed E-state index contributed by atoms with van der Waals surface area (Å²) in [5.41, 5.74) is 5.05. The molecule has 8 heteroatoms. The molecule has 2 aromatic heterocycles. The number of nitrogens with one attached hydrogen (secondary N) is 4. The second-order valence-corrected chi connectivity index (χ2v) is 8.82. The van der Waals surface area contributed by atoms with Crippen LogP contribution in [0.1, 0.15) is 29.3 Å². The summed E-state index contributed by atoms with van der Waals surface area (Å²) in [6.45, 7) is 8.04. The molecule has 180 valence electrons. The maximum Gasteiger partial charge on any atom is 0.255 e. The van der Waals surface area contributed by atoms with Crippen molar-refractivity contribution in [3.05, 3.63) is 71.9 Å². The summed E-state index contributed by atoms with van der Waals surface area (Å²) in [5, 5.41) is 9.72. The van der Waals surface area contributed by atoms with Crippen LogP contribution in [-0.2, 0) is 6.54 Å². The number of carbonyl (C=O) groups excluding carboxylic acids is 1. The monoisotopic (exact) mass is 469 g/mol. The molecule has 1 aliphatic heterocycles. The highest BCUT2D eigenvalue weighted by atomic mass is 16.1. The number of imidazole rings is 1. The van der Waals surface area contributed by atoms with Crippen molar-refractivity contribution in [2.24, 2.45) is 0 Å². The number of para-hydroxylation sites is 1. The maximum atomic E-state index is 13.0. The van der Waals surface area contributed by atoms with E-state index in [0.717, 1.165) is 73.9 Å². The van der Waals surface area contributed by atoms with Crippen LogP contribution in [0.4, 0.5) is 11.5 Å². The Kier molecular flexibility index (Phi) is 7.02. The van der Waals surface area contributed by atoms with Gasteiger partial charge in [0.05, 0.1) is 11.2 Å². The molecule has 2 aromatic carbocycles. The highest BCUT2D eigenvalue weighted by Crippen LogP contribution is 2.27. The van der Waals surface area contributed by atoms with E-state index in [-0.39, 0.29) is 5.91 Å². The van der Waals surface area contributed by atoms with E-state index in [1.54, 1.807) is 6.20 Å². The van der Waals surface area contributed by atoms with Gasteiger partial charge in [0.2, 0.25) is 0 Å². The SMILES string of the molecule is CCCNc1cc(-c2nc3c(NC(=O)c4ccc(CN5CCNCC5)cc4)cccc3[nH]2)ccn1. The third-order valence-electron chi connectivity index (χ3n) is 6.18. The van der Waals surface area contributed by atoms with Gasteiger partial charge in [-0.1, -0.05) is 25.1 Å². The summed E-state index contributed by atoms with van der Waals surface area (Å²) in [6, 6.07) is 17.5. The van der Waals surface area contributed by atoms with Crippen molar-refractivity contribution < 1.29 is 4.79 Å². The number of anilines is 2. The zero-order chi connectivity index (χ0) is 24.0. The first-order valence-corrected chi connectivity index (χ1v) is 12.2. The number of benzene rings is 2. The summed E-state index contributed by atoms with van der Waals surface area (Å²) in [5.74, 6) is 1.41. The van der Waals surface area contributed by atoms with Gasteiger partial charge in [-0.05, 0) is 48.4 Å². The van der Waals surface area contributed by atoms with E-state index in [1.165, 1.54) is 5.56 Å². The molecule has 4 N–H and O–H groups in total. The molecular weight excluding hydrogens is 438 g/mol. The number of nitrogens with zero attached hydrogens (tertiary/aromatic N) is 3. The number of rotatable bonds is 8. The fourth-order valence-electron chi connectivity index (χ4n) is 4.28. The smallest absolute Gasteiger partial charge is 0.255 e. The van der Waals surface area contributed by atoms with Crippen LogP contribution in [0.3, 0.4) is 0 Å². The fraction of sp³-hybridized carbons (Fsp3) is 0.296. The number of hydrogen-bond donors (Lipinski definition) is 4. The molecule has 0 radical (unpaired) electrons. The second kappa shape index (κ2) is 10.7. The molecule has 0 aliphatic carbocycles. The molecule has 0 spiro atoms. The molecule has 4 aromatic rings. The van der Waals surface area contributed by atoms with E-state index in [2.05, 4.69) is 37.7 Å². The third kappa shape index (κ3) is 5.50. The molecular formula is C27H31N7O. The van der Waals surface area contributed by atoms with Gasteiger partial charge in [0.15, 0.2) is 0 Å². The van der Waals surface area contributed by atoms with Crippen LogP contribution in [0.25, 0.3) is 22.4 Å². The van der Waals surface area contributed by atoms with E-state index in [9.17, 15) is 4.79 Å². The molecule has 0 unspecified atom stereocenters. The Labute approximate surface area is 205 Å². The summed E-state index contributed by atoms with van der Waals surface area (Å²) in [7, 11) is 0. The van der Waals surface area contributed by atoms with Gasteiger partial charge in [0.1, 0.15) is 17.2 Å². The van der Waals surface area contributed by atoms with Gasteiger partial charge in [0, 0.05) is 56.6 Å². The van der Waals surface area contributed by atoms with E-state index in [1.807, 2.05) is 54.6 Å². The molecule has 5 rings (SSSR count). The number of hydrogen-bond acceptors (Lipinski definition) is 6. The summed E-state index contributed by atoms with van der Waals surface area (Å²) in [4.78, 5) is 28.0. The molecule has 1 fully saturated rings. The van der Waals surface area contributed by atoms with Crippen LogP contribution < -0.4 is 16.0 Å². The average molecular weight is 470 g/mol. The molecule has 8 nitrogen and oxygen atoms in total. The lowest BCUT2D eigenvalue weighted by Crippen LogP contribution is -2.42. The number of piperazine rings is 1. The van der Waals surface area contributed by atoms with E-state index < -0.39 is 0 Å². The molecule has 0 atom stereocenters. The van der Waals surface area contributed by atoms with Gasteiger partial charge in [-0.25, -0.2) is 9.97 Å². The third-order valence-corrected chi connectivity index (χ3v) is 6.18. The molecule has 1 saturated heterocycles. The summed E-state index contributed by atoms with van der Waals surface area (Å²) < 4.78 is 0. The minimum absolute atomic E-state index is 0.147. The molecule has 0 bridgehead atoms. The van der Waals surface area contributed by atoms with E-state index in [0.29, 0.717) is 11.3 Å². The van der Waals surface area contributed by atoms with Crippen molar-refractivity contribution in [1.29, 1.82) is 0 Å². The molecule has 0 saturated carbocycles. The number of fused-ring (bicyclic) bond motifs is 1. The standard InChI is InChI=1S/C27H31N7O/c1-2-11-29-24-17-21(10-12-30-24)26-31-22-4-3-5-23(25(22)33-26)32-27(35)20-8-6-19(7-9-20)18-34-15-13-28-14-16-34/h3-10,12,17,28H,2,11,13-16,18H2,1H3,(H,29,30)(H,31,33)(H,32,35). The number of pyridine rings is 1. The van der Waals surface area contributed by atoms with Gasteiger partial charge in [-0.3, -0.25) is 9.69 Å². The first-order valence-electron chi connectivity index (χ1n) is 12.2. The van der Waals surface area contributed by atoms with Crippen LogP contribution in [-0.4, -0.2) is 58.5 Å². The predicted octanol–water partition coefficient (Wildman–Crippen LogP) is 4.10. The lowest BCUT2D eigenvalue weighted by Gasteiger charge is -2.27. The van der Waals surface area contributed by atoms with E-state index >= 15 is 0 Å². The average Bonchev–Trinajstić information content (AvgIpc) is 3.34. The minimum Gasteiger partial charge on any atom is -0.370 e. The Balaban J connectivity index is 1.31. The van der Waals surface area contributed by atoms with Crippen molar-refractivity contribution in [3.63, 3.8) is 0 Å². The molecule has 1 amide bonds. The van der Waals surface area contributed by atoms with Crippen LogP contribution in [0.2, 0.25) is 0 Å². The molecule has 35 heavy (non-hydrogen) atoms. The molecule has 3 heterocycles. The van der Waals surface area contributed by atoms with Crippen LogP contribution >= 0.6 is 0 Å². The normalized spacial score (nSPS) is 14.2. The van der Waals surface area contributed by atoms with Gasteiger partial charge >= 0.3 is 0 Å². The van der Waals surface area contributed by atoms with Crippen LogP contribution in [0.15, 0.2) is 60.8 Å². The number of aromatic amines is 1. The first-order chi connectivity index (χ1) is 17.2. The Morgan fingerprint density at radius 2 is 1.91 bits per heavy atom. The number of aromatic nitrogens is 3. The van der Waals surface area contributed by atoms with Gasteiger partial charge in [-0.15, -0.1) is 0 Å². The van der Waals surface area contributed by atoms with Crippen molar-refractivity contribution in [3.8, 4) is 11.4 Å². The van der Waals surface area contributed by atoms with Crippen molar-refractivity contribution >= 4 is 28.4 Å². The quantitative estimate of drug-likeness (QED) is 0.310. The highest BCUT2D eigenvalue weighted by molar-refractivity contribution is 6.08. The van der Waals surface area contributed by atoms with Gasteiger partial charge in [-0.2, -0.15) is 0 Å². The Morgan fingerprint density at radius 1 is 1.09 bits per heavy atom. The van der Waals surface area contributed by atoms with Crippen LogP contribution in [0, 0.1) is 0 Å². The molecule has 1 aliphatic rings. The maximum absolute atomic E-state index is 13.0. The number of carbonyl (C=O) groups is 1. The summed E-state index contributed by atoms with van der Waals surface area (Å²) >= 11 is 0. The van der Waals surface area contributed by atoms with Gasteiger partial charge in [0.25, 0.3) is 5.91 Å². The fourth-order valence-corrected chi connectivity index (χ4v) is 4.28. The van der Waals surface area contributed by atoms with Crippen molar-refractivity contribution in [1.82, 2.24) is 25.2 Å². The van der Waals surface area contributed by atoms with Crippen molar-refractivity contribution in [2.75, 3.05) is 43.4 Å². The van der Waals surface area contributed by atoms with Crippen LogP contribution in [0.5, 0.6) is 0 Å². The summed E-state index contributed by atoms with van der Waals surface area (Å²) in [6.07, 6.45) is 2.80. The topological polar surface area (TPSA) is 98.0 Å². The van der Waals surface area contributed by atoms with E-state index in [4.69, 9.17) is 4.98 Å². The lowest BCUT2D eigenvalue weighted by atomic mass is 10.1. The lowest BCUT2D eigenvalue weighted by molar-refractivity contribution is 0.102. The first kappa shape index (κ1) is 23.0. The number of H-pyrrole nitrogens is 1. The minimum atomic E-state index is -0.147. The van der Waals surface area contributed by atoms with Crippen molar-refractivity contribution in [2.45, 2.75) is 19.9 Å². The largest absolute Gasteiger partial charge is 0.370 e. The highest BCUT2D eigenvalue weighted by Gasteiger charge is 2.14. The number of amides is 1. The Bertz CT molecular complexity index is 1290. The van der Waals surface area contributed by atoms with Gasteiger partial charge < -0.3 is 20.9 Å². The predicted molar refractivity (Wildman–Crippen MR) is 141 cm³/mol. The zero-order valence-electron chi connectivity index (χ0n) is 20.0. The Hall–Kier alpha value is -3.75. The zero-order valence-corrected chi connectivity index (χ0v) is 20.0. The second-order valence-electron chi connectivity index (χ2n) is 8.82.